The van der Waals surface area contributed by atoms with Crippen molar-refractivity contribution in [2.45, 2.75) is 78.9 Å². The van der Waals surface area contributed by atoms with Gasteiger partial charge in [-0.3, -0.25) is 0 Å². The van der Waals surface area contributed by atoms with Crippen molar-refractivity contribution in [1.29, 1.82) is 0 Å². The van der Waals surface area contributed by atoms with Gasteiger partial charge in [0.1, 0.15) is 0 Å². The van der Waals surface area contributed by atoms with Crippen LogP contribution in [0.15, 0.2) is 58.1 Å². The minimum Gasteiger partial charge on any atom is -0.504 e. The molecular weight excluding hydrogens is 396 g/mol. The van der Waals surface area contributed by atoms with Crippen LogP contribution in [-0.4, -0.2) is 28.4 Å². The van der Waals surface area contributed by atoms with E-state index in [-0.39, 0.29) is 23.0 Å². The quantitative estimate of drug-likeness (QED) is 0.340. The van der Waals surface area contributed by atoms with E-state index in [0.29, 0.717) is 12.0 Å². The molecule has 31 heavy (non-hydrogen) atoms. The lowest BCUT2D eigenvalue weighted by Crippen LogP contribution is -2.06. The zero-order valence-electron chi connectivity index (χ0n) is 18.9. The van der Waals surface area contributed by atoms with Gasteiger partial charge < -0.3 is 19.7 Å². The summed E-state index contributed by atoms with van der Waals surface area (Å²) in [6, 6.07) is 0. The Bertz CT molecular complexity index is 840. The van der Waals surface area contributed by atoms with Gasteiger partial charge in [-0.2, -0.15) is 0 Å². The highest BCUT2D eigenvalue weighted by Crippen LogP contribution is 2.26. The fourth-order valence-corrected chi connectivity index (χ4v) is 3.51. The molecule has 6 nitrogen and oxygen atoms in total. The average Bonchev–Trinajstić information content (AvgIpc) is 3.14. The molecule has 0 aromatic rings. The summed E-state index contributed by atoms with van der Waals surface area (Å²) < 4.78 is 9.75. The third-order valence-corrected chi connectivity index (χ3v) is 5.53. The third kappa shape index (κ3) is 7.87. The number of ether oxygens (including phenoxy) is 2. The van der Waals surface area contributed by atoms with Crippen molar-refractivity contribution in [2.75, 3.05) is 0 Å². The lowest BCUT2D eigenvalue weighted by Gasteiger charge is -2.07. The van der Waals surface area contributed by atoms with Crippen LogP contribution in [0.4, 0.5) is 0 Å². The second-order valence-electron chi connectivity index (χ2n) is 8.43. The smallest absolute Gasteiger partial charge is 0.343 e. The molecule has 6 heteroatoms. The number of rotatable bonds is 11. The number of allylic oxidation sites excluding steroid dienone is 5. The van der Waals surface area contributed by atoms with E-state index in [4.69, 9.17) is 4.74 Å². The molecule has 2 aliphatic heterocycles. The van der Waals surface area contributed by atoms with E-state index in [0.717, 1.165) is 38.5 Å². The van der Waals surface area contributed by atoms with Crippen molar-refractivity contribution in [3.63, 3.8) is 0 Å². The maximum atomic E-state index is 11.5. The molecule has 0 radical (unpaired) electrons. The van der Waals surface area contributed by atoms with E-state index in [2.05, 4.69) is 30.7 Å². The summed E-state index contributed by atoms with van der Waals surface area (Å²) in [6.07, 6.45) is 12.9. The molecule has 2 N–H and O–H groups in total. The molecule has 0 unspecified atom stereocenters. The molecule has 0 aromatic carbocycles. The summed E-state index contributed by atoms with van der Waals surface area (Å²) in [5.41, 5.74) is 3.46. The standard InChI is InChI=1S/C25H34O6/c1-16(10-6-12-18(3)14-21-23(27)19(4)24(28)30-21)8-5-9-17(2)11-7-13-20-15-22(26)31-25(20)29/h9-10,14-15,18,22,26-27H,5-8,11-13H2,1-4H3/b16-10-,17-9-,21-14-/t18-,22+/m1/s1. The number of aliphatic hydroxyl groups is 2. The molecule has 2 rings (SSSR count). The minimum absolute atomic E-state index is 0.0526. The molecule has 0 aliphatic carbocycles. The van der Waals surface area contributed by atoms with Gasteiger partial charge >= 0.3 is 11.9 Å². The first-order valence-electron chi connectivity index (χ1n) is 10.9. The van der Waals surface area contributed by atoms with Crippen LogP contribution in [-0.2, 0) is 19.1 Å². The fraction of sp³-hybridized carbons (Fsp3) is 0.520. The largest absolute Gasteiger partial charge is 0.504 e. The number of hydrogen-bond acceptors (Lipinski definition) is 6. The molecule has 0 spiro atoms. The molecule has 0 saturated heterocycles. The van der Waals surface area contributed by atoms with E-state index in [1.54, 1.807) is 13.0 Å². The lowest BCUT2D eigenvalue weighted by atomic mass is 10.0. The summed E-state index contributed by atoms with van der Waals surface area (Å²) in [7, 11) is 0. The third-order valence-electron chi connectivity index (χ3n) is 5.53. The Morgan fingerprint density at radius 2 is 1.81 bits per heavy atom. The van der Waals surface area contributed by atoms with Gasteiger partial charge in [0, 0.05) is 5.57 Å². The van der Waals surface area contributed by atoms with E-state index < -0.39 is 18.2 Å². The lowest BCUT2D eigenvalue weighted by molar-refractivity contribution is -0.151. The minimum atomic E-state index is -1.08. The van der Waals surface area contributed by atoms with Crippen LogP contribution in [0, 0.1) is 5.92 Å². The molecule has 0 aromatic heterocycles. The summed E-state index contributed by atoms with van der Waals surface area (Å²) in [5.74, 6) is -0.479. The number of esters is 2. The van der Waals surface area contributed by atoms with Gasteiger partial charge in [0.25, 0.3) is 0 Å². The number of carbonyl (C=O) groups excluding carboxylic acids is 2. The van der Waals surface area contributed by atoms with Gasteiger partial charge in [-0.05, 0) is 83.8 Å². The summed E-state index contributed by atoms with van der Waals surface area (Å²) >= 11 is 0. The van der Waals surface area contributed by atoms with Gasteiger partial charge in [0.2, 0.25) is 6.29 Å². The highest BCUT2D eigenvalue weighted by atomic mass is 16.6. The molecule has 170 valence electrons. The van der Waals surface area contributed by atoms with Crippen LogP contribution in [0.3, 0.4) is 0 Å². The Morgan fingerprint density at radius 1 is 1.13 bits per heavy atom. The monoisotopic (exact) mass is 430 g/mol. The summed E-state index contributed by atoms with van der Waals surface area (Å²) in [6.45, 7) is 7.83. The van der Waals surface area contributed by atoms with Crippen LogP contribution < -0.4 is 0 Å². The number of carbonyl (C=O) groups is 2. The highest BCUT2D eigenvalue weighted by Gasteiger charge is 2.26. The molecule has 2 atom stereocenters. The maximum Gasteiger partial charge on any atom is 0.343 e. The van der Waals surface area contributed by atoms with Crippen molar-refractivity contribution in [2.24, 2.45) is 5.92 Å². The number of cyclic esters (lactones) is 2. The Kier molecular flexibility index (Phi) is 9.31. The van der Waals surface area contributed by atoms with Crippen LogP contribution in [0.1, 0.15) is 72.6 Å². The van der Waals surface area contributed by atoms with Crippen molar-refractivity contribution in [3.05, 3.63) is 58.1 Å². The first kappa shape index (κ1) is 24.7. The first-order chi connectivity index (χ1) is 14.7. The van der Waals surface area contributed by atoms with E-state index >= 15 is 0 Å². The number of aliphatic hydroxyl groups excluding tert-OH is 2. The van der Waals surface area contributed by atoms with E-state index in [9.17, 15) is 19.8 Å². The molecule has 0 saturated carbocycles. The van der Waals surface area contributed by atoms with Crippen molar-refractivity contribution < 1.29 is 29.3 Å². The van der Waals surface area contributed by atoms with E-state index in [1.165, 1.54) is 17.2 Å². The van der Waals surface area contributed by atoms with Crippen LogP contribution in [0.5, 0.6) is 0 Å². The second-order valence-corrected chi connectivity index (χ2v) is 8.43. The first-order valence-corrected chi connectivity index (χ1v) is 10.9. The fourth-order valence-electron chi connectivity index (χ4n) is 3.51. The highest BCUT2D eigenvalue weighted by molar-refractivity contribution is 5.93. The molecule has 0 fully saturated rings. The van der Waals surface area contributed by atoms with Crippen LogP contribution >= 0.6 is 0 Å². The Balaban J connectivity index is 1.65. The zero-order chi connectivity index (χ0) is 23.0. The van der Waals surface area contributed by atoms with Gasteiger partial charge in [-0.1, -0.05) is 30.2 Å². The second kappa shape index (κ2) is 11.7. The van der Waals surface area contributed by atoms with Gasteiger partial charge in [-0.25, -0.2) is 9.59 Å². The van der Waals surface area contributed by atoms with Crippen LogP contribution in [0.25, 0.3) is 0 Å². The Hall–Kier alpha value is -2.60. The van der Waals surface area contributed by atoms with Crippen molar-refractivity contribution in [3.8, 4) is 0 Å². The van der Waals surface area contributed by atoms with Crippen molar-refractivity contribution in [1.82, 2.24) is 0 Å². The Labute approximate surface area is 184 Å². The van der Waals surface area contributed by atoms with Crippen LogP contribution in [0.2, 0.25) is 0 Å². The Morgan fingerprint density at radius 3 is 2.42 bits per heavy atom. The van der Waals surface area contributed by atoms with E-state index in [1.807, 2.05) is 6.92 Å². The summed E-state index contributed by atoms with van der Waals surface area (Å²) in [4.78, 5) is 22.9. The predicted octanol–water partition coefficient (Wildman–Crippen LogP) is 5.32. The molecule has 2 aliphatic rings. The zero-order valence-corrected chi connectivity index (χ0v) is 18.9. The maximum absolute atomic E-state index is 11.5. The number of hydrogen-bond donors (Lipinski definition) is 2. The molecular formula is C25H34O6. The van der Waals surface area contributed by atoms with Gasteiger partial charge in [-0.15, -0.1) is 0 Å². The predicted molar refractivity (Wildman–Crippen MR) is 119 cm³/mol. The molecule has 0 bridgehead atoms. The molecule has 2 heterocycles. The summed E-state index contributed by atoms with van der Waals surface area (Å²) in [5, 5.41) is 19.1. The topological polar surface area (TPSA) is 93.1 Å². The molecule has 0 amide bonds. The van der Waals surface area contributed by atoms with Gasteiger partial charge in [0.15, 0.2) is 11.5 Å². The SMILES string of the molecule is CC1=C(O)/C(=C/[C@H](C)CC/C=C(/C)CC/C=C(/C)CCCC2=C[C@@H](O)OC2=O)OC1=O. The van der Waals surface area contributed by atoms with Gasteiger partial charge in [0.05, 0.1) is 5.57 Å². The van der Waals surface area contributed by atoms with Crippen molar-refractivity contribution >= 4 is 11.9 Å². The normalized spacial score (nSPS) is 22.2. The average molecular weight is 431 g/mol.